The van der Waals surface area contributed by atoms with Crippen molar-refractivity contribution in [2.75, 3.05) is 5.75 Å². The molecule has 0 N–H and O–H groups in total. The van der Waals surface area contributed by atoms with Gasteiger partial charge in [-0.3, -0.25) is 10.1 Å². The van der Waals surface area contributed by atoms with Gasteiger partial charge in [-0.1, -0.05) is 13.3 Å². The van der Waals surface area contributed by atoms with Gasteiger partial charge in [-0.15, -0.1) is 11.6 Å². The van der Waals surface area contributed by atoms with Crippen LogP contribution in [0.1, 0.15) is 19.8 Å². The lowest BCUT2D eigenvalue weighted by molar-refractivity contribution is -0.384. The van der Waals surface area contributed by atoms with Crippen LogP contribution in [0.2, 0.25) is 0 Å². The van der Waals surface area contributed by atoms with Crippen molar-refractivity contribution in [3.05, 3.63) is 34.4 Å². The maximum Gasteiger partial charge on any atom is 0.269 e. The Morgan fingerprint density at radius 1 is 1.33 bits per heavy atom. The Hall–Kier alpha value is -1.14. The average Bonchev–Trinajstić information content (AvgIpc) is 2.28. The number of nitro groups is 1. The van der Waals surface area contributed by atoms with Crippen molar-refractivity contribution in [3.8, 4) is 0 Å². The summed E-state index contributed by atoms with van der Waals surface area (Å²) in [6.07, 6.45) is 1.43. The number of non-ortho nitro benzene ring substituents is 1. The van der Waals surface area contributed by atoms with Crippen LogP contribution in [0.4, 0.5) is 5.69 Å². The molecule has 7 heteroatoms. The molecule has 1 rings (SSSR count). The molecule has 0 amide bonds. The molecule has 5 nitrogen and oxygen atoms in total. The molecule has 0 spiro atoms. The minimum Gasteiger partial charge on any atom is -0.258 e. The van der Waals surface area contributed by atoms with Crippen molar-refractivity contribution >= 4 is 27.1 Å². The summed E-state index contributed by atoms with van der Waals surface area (Å²) in [6, 6.07) is 4.83. The zero-order valence-electron chi connectivity index (χ0n) is 9.87. The van der Waals surface area contributed by atoms with Crippen molar-refractivity contribution in [3.63, 3.8) is 0 Å². The standard InChI is InChI=1S/C11H14ClNO4S/c1-2-3-9(12)8-18(16,17)11-6-4-10(5-7-11)13(14)15/h4-7,9H,2-3,8H2,1H3. The molecule has 0 fully saturated rings. The molecule has 1 unspecified atom stereocenters. The fourth-order valence-electron chi connectivity index (χ4n) is 1.51. The lowest BCUT2D eigenvalue weighted by Crippen LogP contribution is -2.16. The average molecular weight is 292 g/mol. The van der Waals surface area contributed by atoms with Gasteiger partial charge < -0.3 is 0 Å². The summed E-state index contributed by atoms with van der Waals surface area (Å²) in [4.78, 5) is 9.95. The van der Waals surface area contributed by atoms with Crippen LogP contribution >= 0.6 is 11.6 Å². The van der Waals surface area contributed by atoms with Crippen LogP contribution in [0.25, 0.3) is 0 Å². The second-order valence-electron chi connectivity index (χ2n) is 3.92. The van der Waals surface area contributed by atoms with E-state index in [1.807, 2.05) is 6.92 Å². The molecule has 0 heterocycles. The third kappa shape index (κ3) is 3.96. The Labute approximate surface area is 111 Å². The number of hydrogen-bond donors (Lipinski definition) is 0. The Balaban J connectivity index is 2.88. The highest BCUT2D eigenvalue weighted by Gasteiger charge is 2.20. The number of sulfone groups is 1. The van der Waals surface area contributed by atoms with Crippen molar-refractivity contribution in [1.82, 2.24) is 0 Å². The first-order chi connectivity index (χ1) is 8.36. The van der Waals surface area contributed by atoms with Gasteiger partial charge in [0.05, 0.1) is 15.6 Å². The van der Waals surface area contributed by atoms with Gasteiger partial charge in [0, 0.05) is 17.5 Å². The summed E-state index contributed by atoms with van der Waals surface area (Å²) in [5, 5.41) is 10.0. The Bertz CT molecular complexity index is 512. The smallest absolute Gasteiger partial charge is 0.258 e. The minimum atomic E-state index is -3.48. The SMILES string of the molecule is CCCC(Cl)CS(=O)(=O)c1ccc([N+](=O)[O-])cc1. The number of benzene rings is 1. The van der Waals surface area contributed by atoms with Gasteiger partial charge in [0.15, 0.2) is 9.84 Å². The minimum absolute atomic E-state index is 0.0647. The first-order valence-electron chi connectivity index (χ1n) is 5.48. The number of nitro benzene ring substituents is 1. The molecule has 0 aliphatic rings. The largest absolute Gasteiger partial charge is 0.269 e. The van der Waals surface area contributed by atoms with Crippen molar-refractivity contribution < 1.29 is 13.3 Å². The van der Waals surface area contributed by atoms with Crippen LogP contribution in [-0.2, 0) is 9.84 Å². The quantitative estimate of drug-likeness (QED) is 0.459. The second-order valence-corrected chi connectivity index (χ2v) is 6.57. The predicted octanol–water partition coefficient (Wildman–Crippen LogP) is 2.78. The number of halogens is 1. The molecule has 0 bridgehead atoms. The molecule has 0 radical (unpaired) electrons. The number of nitrogens with zero attached hydrogens (tertiary/aromatic N) is 1. The van der Waals surface area contributed by atoms with E-state index in [2.05, 4.69) is 0 Å². The van der Waals surface area contributed by atoms with Crippen LogP contribution in [0.5, 0.6) is 0 Å². The fraction of sp³-hybridized carbons (Fsp3) is 0.455. The van der Waals surface area contributed by atoms with E-state index in [-0.39, 0.29) is 16.3 Å². The maximum absolute atomic E-state index is 11.9. The number of alkyl halides is 1. The summed E-state index contributed by atoms with van der Waals surface area (Å²) >= 11 is 5.91. The Morgan fingerprint density at radius 3 is 2.33 bits per heavy atom. The van der Waals surface area contributed by atoms with Gasteiger partial charge in [0.25, 0.3) is 5.69 Å². The van der Waals surface area contributed by atoms with E-state index < -0.39 is 20.1 Å². The van der Waals surface area contributed by atoms with Gasteiger partial charge in [-0.2, -0.15) is 0 Å². The zero-order valence-corrected chi connectivity index (χ0v) is 11.4. The van der Waals surface area contributed by atoms with Gasteiger partial charge in [-0.05, 0) is 18.6 Å². The topological polar surface area (TPSA) is 77.3 Å². The third-order valence-corrected chi connectivity index (χ3v) is 4.80. The van der Waals surface area contributed by atoms with Crippen LogP contribution in [-0.4, -0.2) is 24.5 Å². The molecule has 0 aromatic heterocycles. The third-order valence-electron chi connectivity index (χ3n) is 2.41. The second kappa shape index (κ2) is 6.15. The highest BCUT2D eigenvalue weighted by atomic mass is 35.5. The van der Waals surface area contributed by atoms with Crippen molar-refractivity contribution in [1.29, 1.82) is 0 Å². The van der Waals surface area contributed by atoms with E-state index in [4.69, 9.17) is 11.6 Å². The number of rotatable bonds is 6. The molecule has 1 aromatic carbocycles. The fourth-order valence-corrected chi connectivity index (χ4v) is 3.61. The monoisotopic (exact) mass is 291 g/mol. The molecule has 0 aliphatic carbocycles. The van der Waals surface area contributed by atoms with Gasteiger partial charge >= 0.3 is 0 Å². The van der Waals surface area contributed by atoms with Gasteiger partial charge in [0.1, 0.15) is 0 Å². The molecule has 0 saturated carbocycles. The summed E-state index contributed by atoms with van der Waals surface area (Å²) in [5.41, 5.74) is -0.134. The van der Waals surface area contributed by atoms with E-state index in [1.54, 1.807) is 0 Å². The summed E-state index contributed by atoms with van der Waals surface area (Å²) < 4.78 is 23.9. The van der Waals surface area contributed by atoms with Crippen LogP contribution < -0.4 is 0 Å². The van der Waals surface area contributed by atoms with E-state index >= 15 is 0 Å². The van der Waals surface area contributed by atoms with E-state index in [0.717, 1.165) is 6.42 Å². The lowest BCUT2D eigenvalue weighted by atomic mass is 10.3. The lowest BCUT2D eigenvalue weighted by Gasteiger charge is -2.08. The molecule has 1 aromatic rings. The molecular weight excluding hydrogens is 278 g/mol. The first kappa shape index (κ1) is 14.9. The van der Waals surface area contributed by atoms with E-state index in [0.29, 0.717) is 6.42 Å². The summed E-state index contributed by atoms with van der Waals surface area (Å²) in [7, 11) is -3.48. The summed E-state index contributed by atoms with van der Waals surface area (Å²) in [6.45, 7) is 1.92. The van der Waals surface area contributed by atoms with Crippen molar-refractivity contribution in [2.45, 2.75) is 30.0 Å². The van der Waals surface area contributed by atoms with Crippen LogP contribution in [0, 0.1) is 10.1 Å². The molecule has 0 saturated heterocycles. The maximum atomic E-state index is 11.9. The van der Waals surface area contributed by atoms with Crippen LogP contribution in [0.3, 0.4) is 0 Å². The summed E-state index contributed by atoms with van der Waals surface area (Å²) in [5.74, 6) is -0.153. The van der Waals surface area contributed by atoms with Gasteiger partial charge in [-0.25, -0.2) is 8.42 Å². The molecule has 100 valence electrons. The van der Waals surface area contributed by atoms with E-state index in [1.165, 1.54) is 24.3 Å². The van der Waals surface area contributed by atoms with Crippen LogP contribution in [0.15, 0.2) is 29.2 Å². The molecular formula is C11H14ClNO4S. The zero-order chi connectivity index (χ0) is 13.8. The highest BCUT2D eigenvalue weighted by Crippen LogP contribution is 2.19. The predicted molar refractivity (Wildman–Crippen MR) is 69.7 cm³/mol. The van der Waals surface area contributed by atoms with Gasteiger partial charge in [0.2, 0.25) is 0 Å². The van der Waals surface area contributed by atoms with E-state index in [9.17, 15) is 18.5 Å². The highest BCUT2D eigenvalue weighted by molar-refractivity contribution is 7.91. The normalized spacial score (nSPS) is 13.2. The first-order valence-corrected chi connectivity index (χ1v) is 7.57. The molecule has 1 atom stereocenters. The molecule has 18 heavy (non-hydrogen) atoms. The molecule has 0 aliphatic heterocycles. The van der Waals surface area contributed by atoms with Crippen molar-refractivity contribution in [2.24, 2.45) is 0 Å². The Kier molecular flexibility index (Phi) is 5.10. The Morgan fingerprint density at radius 2 is 1.89 bits per heavy atom. The number of hydrogen-bond acceptors (Lipinski definition) is 4.